The lowest BCUT2D eigenvalue weighted by Crippen LogP contribution is -2.48. The van der Waals surface area contributed by atoms with E-state index in [0.717, 1.165) is 57.7 Å². The number of carbonyl (C=O) groups is 2. The molecule has 1 aromatic heterocycles. The molecule has 1 unspecified atom stereocenters. The van der Waals surface area contributed by atoms with Crippen molar-refractivity contribution in [1.29, 1.82) is 0 Å². The maximum absolute atomic E-state index is 12.9. The number of hydrogen-bond donors (Lipinski definition) is 1. The molecule has 0 spiro atoms. The van der Waals surface area contributed by atoms with Crippen molar-refractivity contribution in [3.05, 3.63) is 23.3 Å². The first-order valence-corrected chi connectivity index (χ1v) is 9.81. The van der Waals surface area contributed by atoms with Crippen molar-refractivity contribution in [2.75, 3.05) is 26.2 Å². The normalized spacial score (nSPS) is 21.7. The summed E-state index contributed by atoms with van der Waals surface area (Å²) in [4.78, 5) is 28.4. The van der Waals surface area contributed by atoms with Crippen molar-refractivity contribution in [2.24, 2.45) is 5.92 Å². The van der Waals surface area contributed by atoms with Gasteiger partial charge < -0.3 is 14.4 Å². The number of hydrogen-bond acceptors (Lipinski definition) is 4. The van der Waals surface area contributed by atoms with Gasteiger partial charge >= 0.3 is 0 Å². The second kappa shape index (κ2) is 8.16. The highest BCUT2D eigenvalue weighted by atomic mass is 32.1. The summed E-state index contributed by atoms with van der Waals surface area (Å²) in [6.45, 7) is 9.11. The van der Waals surface area contributed by atoms with Gasteiger partial charge in [-0.15, -0.1) is 0 Å². The Morgan fingerprint density at radius 2 is 2.00 bits per heavy atom. The second-order valence-corrected chi connectivity index (χ2v) is 7.45. The number of amides is 2. The first-order chi connectivity index (χ1) is 12.5. The number of nitrogens with zero attached hydrogens (tertiary/aromatic N) is 4. The largest absolute Gasteiger partial charge is 0.342 e. The molecule has 0 bridgehead atoms. The average molecular weight is 378 g/mol. The van der Waals surface area contributed by atoms with Crippen LogP contribution in [0.5, 0.6) is 0 Å². The Morgan fingerprint density at radius 3 is 2.65 bits per heavy atom. The van der Waals surface area contributed by atoms with Crippen LogP contribution < -0.4 is 0 Å². The minimum Gasteiger partial charge on any atom is -0.342 e. The molecule has 142 valence electrons. The molecule has 2 fully saturated rings. The van der Waals surface area contributed by atoms with E-state index in [1.807, 2.05) is 9.47 Å². The molecular weight excluding hydrogens is 350 g/mol. The number of aromatic nitrogens is 3. The number of carbonyl (C=O) groups excluding carboxylic acids is 2. The van der Waals surface area contributed by atoms with Gasteiger partial charge in [-0.2, -0.15) is 5.10 Å². The monoisotopic (exact) mass is 377 g/mol. The van der Waals surface area contributed by atoms with E-state index in [1.165, 1.54) is 6.08 Å². The van der Waals surface area contributed by atoms with Gasteiger partial charge in [-0.1, -0.05) is 6.58 Å². The Hall–Kier alpha value is -1.96. The molecule has 8 heteroatoms. The van der Waals surface area contributed by atoms with E-state index in [4.69, 9.17) is 12.2 Å². The molecule has 0 radical (unpaired) electrons. The van der Waals surface area contributed by atoms with E-state index in [1.54, 1.807) is 4.90 Å². The third-order valence-corrected chi connectivity index (χ3v) is 5.84. The van der Waals surface area contributed by atoms with Gasteiger partial charge in [0.2, 0.25) is 11.8 Å². The Morgan fingerprint density at radius 1 is 1.27 bits per heavy atom. The first-order valence-electron chi connectivity index (χ1n) is 9.40. The van der Waals surface area contributed by atoms with Crippen molar-refractivity contribution in [1.82, 2.24) is 24.6 Å². The van der Waals surface area contributed by atoms with E-state index in [2.05, 4.69) is 23.7 Å². The smallest absolute Gasteiger partial charge is 0.245 e. The quantitative estimate of drug-likeness (QED) is 0.644. The highest BCUT2D eigenvalue weighted by molar-refractivity contribution is 7.71. The van der Waals surface area contributed by atoms with E-state index in [0.29, 0.717) is 17.2 Å². The summed E-state index contributed by atoms with van der Waals surface area (Å²) < 4.78 is 2.70. The van der Waals surface area contributed by atoms with Crippen LogP contribution in [0.3, 0.4) is 0 Å². The Labute approximate surface area is 159 Å². The summed E-state index contributed by atoms with van der Waals surface area (Å²) in [5.41, 5.74) is 0. The Kier molecular flexibility index (Phi) is 5.90. The molecule has 0 aromatic carbocycles. The maximum atomic E-state index is 12.9. The lowest BCUT2D eigenvalue weighted by molar-refractivity contribution is -0.140. The average Bonchev–Trinajstić information content (AvgIpc) is 3.07. The zero-order valence-electron chi connectivity index (χ0n) is 15.3. The summed E-state index contributed by atoms with van der Waals surface area (Å²) in [5, 5.41) is 7.28. The molecule has 1 N–H and O–H groups in total. The summed E-state index contributed by atoms with van der Waals surface area (Å²) >= 11 is 5.27. The van der Waals surface area contributed by atoms with Crippen LogP contribution in [0.1, 0.15) is 44.3 Å². The van der Waals surface area contributed by atoms with Crippen LogP contribution >= 0.6 is 12.2 Å². The molecule has 3 rings (SSSR count). The van der Waals surface area contributed by atoms with Crippen molar-refractivity contribution in [3.63, 3.8) is 0 Å². The number of piperidine rings is 2. The van der Waals surface area contributed by atoms with Gasteiger partial charge in [-0.3, -0.25) is 14.7 Å². The Balaban J connectivity index is 1.59. The third-order valence-electron chi connectivity index (χ3n) is 5.53. The summed E-state index contributed by atoms with van der Waals surface area (Å²) in [6.07, 6.45) is 4.85. The highest BCUT2D eigenvalue weighted by Crippen LogP contribution is 2.29. The van der Waals surface area contributed by atoms with E-state index >= 15 is 0 Å². The van der Waals surface area contributed by atoms with Crippen molar-refractivity contribution in [3.8, 4) is 0 Å². The molecule has 2 saturated heterocycles. The van der Waals surface area contributed by atoms with Gasteiger partial charge in [-0.25, -0.2) is 0 Å². The molecular formula is C18H27N5O2S. The topological polar surface area (TPSA) is 74.2 Å². The predicted molar refractivity (Wildman–Crippen MR) is 101 cm³/mol. The van der Waals surface area contributed by atoms with Crippen LogP contribution in [0.25, 0.3) is 0 Å². The third kappa shape index (κ3) is 3.75. The van der Waals surface area contributed by atoms with E-state index in [-0.39, 0.29) is 17.7 Å². The molecule has 7 nitrogen and oxygen atoms in total. The zero-order valence-corrected chi connectivity index (χ0v) is 16.1. The van der Waals surface area contributed by atoms with Crippen LogP contribution in [-0.4, -0.2) is 62.6 Å². The molecule has 2 aliphatic heterocycles. The SMILES string of the molecule is C=CC(=O)N1CCCC(C(=O)N2CCC(c3n[nH]c(=S)n3CC)CC2)C1. The zero-order chi connectivity index (χ0) is 18.7. The predicted octanol–water partition coefficient (Wildman–Crippen LogP) is 2.09. The fourth-order valence-electron chi connectivity index (χ4n) is 4.07. The summed E-state index contributed by atoms with van der Waals surface area (Å²) in [5.74, 6) is 1.35. The number of likely N-dealkylation sites (tertiary alicyclic amines) is 2. The molecule has 26 heavy (non-hydrogen) atoms. The number of nitrogens with one attached hydrogen (secondary N) is 1. The van der Waals surface area contributed by atoms with Crippen molar-refractivity contribution < 1.29 is 9.59 Å². The molecule has 2 amide bonds. The van der Waals surface area contributed by atoms with Gasteiger partial charge in [-0.05, 0) is 50.9 Å². The fourth-order valence-corrected chi connectivity index (χ4v) is 4.34. The minimum absolute atomic E-state index is 0.0800. The van der Waals surface area contributed by atoms with Gasteiger partial charge in [0.25, 0.3) is 0 Å². The minimum atomic E-state index is -0.0885. The number of rotatable bonds is 4. The van der Waals surface area contributed by atoms with Crippen molar-refractivity contribution in [2.45, 2.75) is 45.1 Å². The van der Waals surface area contributed by atoms with Crippen molar-refractivity contribution >= 4 is 24.0 Å². The Bertz CT molecular complexity index is 732. The lowest BCUT2D eigenvalue weighted by atomic mass is 9.92. The fraction of sp³-hybridized carbons (Fsp3) is 0.667. The molecule has 0 aliphatic carbocycles. The van der Waals surface area contributed by atoms with Crippen LogP contribution in [0.2, 0.25) is 0 Å². The first kappa shape index (κ1) is 18.8. The number of aromatic amines is 1. The van der Waals surface area contributed by atoms with Gasteiger partial charge in [0.15, 0.2) is 4.77 Å². The maximum Gasteiger partial charge on any atom is 0.245 e. The van der Waals surface area contributed by atoms with Gasteiger partial charge in [0.1, 0.15) is 5.82 Å². The summed E-state index contributed by atoms with van der Waals surface area (Å²) in [7, 11) is 0. The molecule has 2 aliphatic rings. The van der Waals surface area contributed by atoms with Gasteiger partial charge in [0.05, 0.1) is 5.92 Å². The highest BCUT2D eigenvalue weighted by Gasteiger charge is 2.33. The van der Waals surface area contributed by atoms with Crippen LogP contribution in [-0.2, 0) is 16.1 Å². The van der Waals surface area contributed by atoms with Crippen LogP contribution in [0.15, 0.2) is 12.7 Å². The standard InChI is InChI=1S/C18H27N5O2S/c1-3-15(24)22-9-5-6-14(12-22)17(25)21-10-7-13(8-11-21)16-19-20-18(26)23(16)4-2/h3,13-14H,1,4-12H2,2H3,(H,20,26). The van der Waals surface area contributed by atoms with Crippen LogP contribution in [0.4, 0.5) is 0 Å². The van der Waals surface area contributed by atoms with E-state index in [9.17, 15) is 9.59 Å². The lowest BCUT2D eigenvalue weighted by Gasteiger charge is -2.37. The van der Waals surface area contributed by atoms with Gasteiger partial charge in [0, 0.05) is 38.6 Å². The molecule has 0 saturated carbocycles. The van der Waals surface area contributed by atoms with Crippen LogP contribution in [0, 0.1) is 10.7 Å². The van der Waals surface area contributed by atoms with E-state index < -0.39 is 0 Å². The molecule has 1 atom stereocenters. The second-order valence-electron chi connectivity index (χ2n) is 7.06. The summed E-state index contributed by atoms with van der Waals surface area (Å²) in [6, 6.07) is 0. The number of H-pyrrole nitrogens is 1. The molecule has 1 aromatic rings. The molecule has 3 heterocycles.